The first-order chi connectivity index (χ1) is 14.6. The van der Waals surface area contributed by atoms with E-state index < -0.39 is 9.84 Å². The lowest BCUT2D eigenvalue weighted by Crippen LogP contribution is -2.31. The van der Waals surface area contributed by atoms with Crippen molar-refractivity contribution >= 4 is 15.4 Å². The van der Waals surface area contributed by atoms with Crippen molar-refractivity contribution in [3.05, 3.63) is 60.4 Å². The third-order valence-corrected chi connectivity index (χ3v) is 7.73. The molecule has 2 aromatic heterocycles. The first kappa shape index (κ1) is 20.9. The van der Waals surface area contributed by atoms with Crippen LogP contribution in [0.5, 0.6) is 5.75 Å². The van der Waals surface area contributed by atoms with Gasteiger partial charge >= 0.3 is 0 Å². The quantitative estimate of drug-likeness (QED) is 0.495. The van der Waals surface area contributed by atoms with Gasteiger partial charge in [0.2, 0.25) is 9.84 Å². The second kappa shape index (κ2) is 9.23. The van der Waals surface area contributed by atoms with Gasteiger partial charge in [0.25, 0.3) is 0 Å². The van der Waals surface area contributed by atoms with Gasteiger partial charge in [0.1, 0.15) is 10.6 Å². The number of fused-ring (bicyclic) bond motifs is 1. The number of aryl methyl sites for hydroxylation is 1. The van der Waals surface area contributed by atoms with Crippen LogP contribution in [0.2, 0.25) is 0 Å². The normalized spacial score (nSPS) is 15.5. The van der Waals surface area contributed by atoms with Crippen LogP contribution >= 0.6 is 0 Å². The molecule has 1 aliphatic heterocycles. The maximum Gasteiger partial charge on any atom is 0.208 e. The van der Waals surface area contributed by atoms with Gasteiger partial charge in [0.15, 0.2) is 0 Å². The van der Waals surface area contributed by atoms with Gasteiger partial charge in [-0.1, -0.05) is 19.4 Å². The number of sulfone groups is 1. The molecule has 0 amide bonds. The molecule has 1 fully saturated rings. The lowest BCUT2D eigenvalue weighted by Gasteiger charge is -2.26. The minimum absolute atomic E-state index is 0.301. The van der Waals surface area contributed by atoms with Gasteiger partial charge in [0.05, 0.1) is 17.0 Å². The molecule has 0 saturated carbocycles. The maximum atomic E-state index is 13.4. The Morgan fingerprint density at radius 1 is 1.00 bits per heavy atom. The summed E-state index contributed by atoms with van der Waals surface area (Å²) in [5.74, 6) is 0.713. The number of piperidine rings is 1. The number of nitrogens with zero attached hydrogens (tertiary/aromatic N) is 2. The Morgan fingerprint density at radius 3 is 2.50 bits per heavy atom. The highest BCUT2D eigenvalue weighted by Gasteiger charge is 2.25. The maximum absolute atomic E-state index is 13.4. The van der Waals surface area contributed by atoms with E-state index in [2.05, 4.69) is 4.90 Å². The van der Waals surface area contributed by atoms with Crippen molar-refractivity contribution in [3.63, 3.8) is 0 Å². The second-order valence-corrected chi connectivity index (χ2v) is 9.80. The largest absolute Gasteiger partial charge is 0.494 e. The van der Waals surface area contributed by atoms with Gasteiger partial charge in [-0.3, -0.25) is 0 Å². The van der Waals surface area contributed by atoms with Crippen LogP contribution in [0.1, 0.15) is 38.2 Å². The van der Waals surface area contributed by atoms with Crippen LogP contribution in [-0.4, -0.2) is 44.0 Å². The van der Waals surface area contributed by atoms with Gasteiger partial charge in [-0.05, 0) is 80.7 Å². The molecule has 0 bridgehead atoms. The fraction of sp³-hybridized carbons (Fsp3) is 0.417. The lowest BCUT2D eigenvalue weighted by atomic mass is 10.1. The Balaban J connectivity index is 1.44. The molecule has 0 unspecified atom stereocenters. The van der Waals surface area contributed by atoms with Crippen molar-refractivity contribution in [2.45, 2.75) is 48.8 Å². The number of hydrogen-bond acceptors (Lipinski definition) is 4. The third kappa shape index (κ3) is 4.40. The predicted molar refractivity (Wildman–Crippen MR) is 119 cm³/mol. The van der Waals surface area contributed by atoms with E-state index in [1.807, 2.05) is 41.9 Å². The molecule has 30 heavy (non-hydrogen) atoms. The molecule has 0 atom stereocenters. The van der Waals surface area contributed by atoms with E-state index in [-0.39, 0.29) is 0 Å². The number of benzene rings is 1. The van der Waals surface area contributed by atoms with Crippen molar-refractivity contribution in [2.75, 3.05) is 26.2 Å². The summed E-state index contributed by atoms with van der Waals surface area (Å²) in [5, 5.41) is 0. The molecule has 5 nitrogen and oxygen atoms in total. The van der Waals surface area contributed by atoms with Crippen LogP contribution in [-0.2, 0) is 16.3 Å². The fourth-order valence-corrected chi connectivity index (χ4v) is 5.93. The standard InChI is InChI=1S/C24H30N2O3S/c1-2-20-19-26-17-7-4-9-23(26)24(20)30(27,28)22-12-10-21(11-13-22)29-18-8-16-25-14-5-3-6-15-25/h4,7,9-13,17,19H,2-3,5-6,8,14-16,18H2,1H3. The molecule has 160 valence electrons. The van der Waals surface area contributed by atoms with Crippen LogP contribution in [0, 0.1) is 0 Å². The number of rotatable bonds is 8. The second-order valence-electron chi connectivity index (χ2n) is 7.91. The summed E-state index contributed by atoms with van der Waals surface area (Å²) in [7, 11) is -3.60. The highest BCUT2D eigenvalue weighted by Crippen LogP contribution is 2.31. The SMILES string of the molecule is CCc1cn2ccccc2c1S(=O)(=O)c1ccc(OCCCN2CCCCC2)cc1. The van der Waals surface area contributed by atoms with Crippen molar-refractivity contribution in [1.29, 1.82) is 0 Å². The Labute approximate surface area is 179 Å². The van der Waals surface area contributed by atoms with Crippen molar-refractivity contribution in [2.24, 2.45) is 0 Å². The van der Waals surface area contributed by atoms with Crippen LogP contribution < -0.4 is 4.74 Å². The van der Waals surface area contributed by atoms with Crippen LogP contribution in [0.25, 0.3) is 5.52 Å². The van der Waals surface area contributed by atoms with E-state index in [1.165, 1.54) is 32.4 Å². The van der Waals surface area contributed by atoms with E-state index in [0.717, 1.165) is 18.5 Å². The van der Waals surface area contributed by atoms with E-state index >= 15 is 0 Å². The zero-order valence-corrected chi connectivity index (χ0v) is 18.4. The Bertz CT molecular complexity index is 1080. The topological polar surface area (TPSA) is 51.0 Å². The summed E-state index contributed by atoms with van der Waals surface area (Å²) in [6, 6.07) is 12.5. The molecule has 3 aromatic rings. The molecule has 0 N–H and O–H groups in total. The van der Waals surface area contributed by atoms with Gasteiger partial charge < -0.3 is 14.0 Å². The molecule has 4 rings (SSSR count). The summed E-state index contributed by atoms with van der Waals surface area (Å²) in [4.78, 5) is 3.20. The first-order valence-electron chi connectivity index (χ1n) is 10.9. The van der Waals surface area contributed by atoms with Crippen molar-refractivity contribution in [3.8, 4) is 5.75 Å². The van der Waals surface area contributed by atoms with E-state index in [9.17, 15) is 8.42 Å². The van der Waals surface area contributed by atoms with Crippen molar-refractivity contribution in [1.82, 2.24) is 9.30 Å². The molecule has 0 radical (unpaired) electrons. The van der Waals surface area contributed by atoms with Crippen molar-refractivity contribution < 1.29 is 13.2 Å². The average Bonchev–Trinajstić information content (AvgIpc) is 3.17. The Hall–Kier alpha value is -2.31. The zero-order valence-electron chi connectivity index (χ0n) is 17.6. The van der Waals surface area contributed by atoms with Gasteiger partial charge in [0, 0.05) is 18.9 Å². The van der Waals surface area contributed by atoms with Crippen LogP contribution in [0.4, 0.5) is 0 Å². The number of hydrogen-bond donors (Lipinski definition) is 0. The van der Waals surface area contributed by atoms with Gasteiger partial charge in [-0.2, -0.15) is 0 Å². The molecular weight excluding hydrogens is 396 g/mol. The average molecular weight is 427 g/mol. The van der Waals surface area contributed by atoms with E-state index in [4.69, 9.17) is 4.74 Å². The smallest absolute Gasteiger partial charge is 0.208 e. The molecule has 1 saturated heterocycles. The fourth-order valence-electron chi connectivity index (χ4n) is 4.21. The first-order valence-corrected chi connectivity index (χ1v) is 12.4. The summed E-state index contributed by atoms with van der Waals surface area (Å²) >= 11 is 0. The minimum Gasteiger partial charge on any atom is -0.494 e. The number of aromatic nitrogens is 1. The summed E-state index contributed by atoms with van der Waals surface area (Å²) in [5.41, 5.74) is 1.55. The summed E-state index contributed by atoms with van der Waals surface area (Å²) in [6.45, 7) is 6.08. The Kier molecular flexibility index (Phi) is 6.44. The molecule has 0 aliphatic carbocycles. The number of ether oxygens (including phenoxy) is 1. The van der Waals surface area contributed by atoms with E-state index in [0.29, 0.717) is 34.1 Å². The summed E-state index contributed by atoms with van der Waals surface area (Å²) < 4.78 is 34.5. The summed E-state index contributed by atoms with van der Waals surface area (Å²) in [6.07, 6.45) is 9.38. The lowest BCUT2D eigenvalue weighted by molar-refractivity contribution is 0.205. The molecule has 6 heteroatoms. The molecule has 1 aromatic carbocycles. The number of pyridine rings is 1. The molecule has 3 heterocycles. The van der Waals surface area contributed by atoms with Crippen LogP contribution in [0.15, 0.2) is 64.6 Å². The highest BCUT2D eigenvalue weighted by molar-refractivity contribution is 7.91. The zero-order chi connectivity index (χ0) is 21.0. The van der Waals surface area contributed by atoms with Crippen LogP contribution in [0.3, 0.4) is 0 Å². The third-order valence-electron chi connectivity index (χ3n) is 5.83. The predicted octanol–water partition coefficient (Wildman–Crippen LogP) is 4.59. The number of likely N-dealkylation sites (tertiary alicyclic amines) is 1. The molecule has 0 spiro atoms. The van der Waals surface area contributed by atoms with Gasteiger partial charge in [-0.15, -0.1) is 0 Å². The molecular formula is C24H30N2O3S. The highest BCUT2D eigenvalue weighted by atomic mass is 32.2. The van der Waals surface area contributed by atoms with E-state index in [1.54, 1.807) is 24.3 Å². The molecule has 1 aliphatic rings. The van der Waals surface area contributed by atoms with Gasteiger partial charge in [-0.25, -0.2) is 8.42 Å². The minimum atomic E-state index is -3.60. The monoisotopic (exact) mass is 426 g/mol. The Morgan fingerprint density at radius 2 is 1.77 bits per heavy atom.